The van der Waals surface area contributed by atoms with Crippen LogP contribution in [0.4, 0.5) is 10.2 Å². The largest absolute Gasteiger partial charge is 0.503 e. The summed E-state index contributed by atoms with van der Waals surface area (Å²) in [5.41, 5.74) is 6.06. The number of rotatable bonds is 1. The fourth-order valence-electron chi connectivity index (χ4n) is 2.09. The number of phenols is 1. The Kier molecular flexibility index (Phi) is 2.46. The van der Waals surface area contributed by atoms with E-state index in [0.717, 1.165) is 10.7 Å². The van der Waals surface area contributed by atoms with Crippen molar-refractivity contribution in [3.8, 4) is 11.4 Å². The number of nitrogens with zero attached hydrogens (tertiary/aromatic N) is 2. The number of anilines is 1. The molecule has 102 valence electrons. The molecule has 2 amide bonds. The Bertz CT molecular complexity index is 753. The first-order valence-corrected chi connectivity index (χ1v) is 5.68. The van der Waals surface area contributed by atoms with Crippen LogP contribution in [0, 0.1) is 5.82 Å². The van der Waals surface area contributed by atoms with Crippen LogP contribution in [0.2, 0.25) is 0 Å². The highest BCUT2D eigenvalue weighted by Crippen LogP contribution is 2.29. The first kappa shape index (κ1) is 12.2. The minimum Gasteiger partial charge on any atom is -0.503 e. The zero-order chi connectivity index (χ0) is 14.4. The highest BCUT2D eigenvalue weighted by Gasteiger charge is 2.30. The summed E-state index contributed by atoms with van der Waals surface area (Å²) < 4.78 is 14.4. The summed E-state index contributed by atoms with van der Waals surface area (Å²) in [4.78, 5) is 23.0. The summed E-state index contributed by atoms with van der Waals surface area (Å²) in [6.07, 6.45) is -0.103. The van der Waals surface area contributed by atoms with Crippen molar-refractivity contribution >= 4 is 17.6 Å². The fourth-order valence-corrected chi connectivity index (χ4v) is 2.09. The summed E-state index contributed by atoms with van der Waals surface area (Å²) in [5.74, 6) is -2.68. The zero-order valence-electron chi connectivity index (χ0n) is 10.1. The number of fused-ring (bicyclic) bond motifs is 1. The quantitative estimate of drug-likeness (QED) is 0.640. The van der Waals surface area contributed by atoms with Crippen molar-refractivity contribution in [2.75, 3.05) is 5.73 Å². The average Bonchev–Trinajstić information content (AvgIpc) is 2.70. The van der Waals surface area contributed by atoms with Crippen LogP contribution in [-0.4, -0.2) is 26.7 Å². The molecule has 2 aromatic rings. The van der Waals surface area contributed by atoms with Gasteiger partial charge in [-0.2, -0.15) is 5.10 Å². The van der Waals surface area contributed by atoms with Gasteiger partial charge in [-0.3, -0.25) is 14.9 Å². The molecule has 1 aromatic carbocycles. The number of hydrogen-bond acceptors (Lipinski definition) is 5. The molecule has 0 atom stereocenters. The van der Waals surface area contributed by atoms with Gasteiger partial charge >= 0.3 is 0 Å². The summed E-state index contributed by atoms with van der Waals surface area (Å²) in [5, 5.41) is 15.8. The number of hydrogen-bond donors (Lipinski definition) is 3. The van der Waals surface area contributed by atoms with Crippen LogP contribution in [0.25, 0.3) is 5.69 Å². The second-order valence-electron chi connectivity index (χ2n) is 4.28. The maximum atomic E-state index is 13.4. The van der Waals surface area contributed by atoms with Crippen molar-refractivity contribution in [1.82, 2.24) is 15.1 Å². The summed E-state index contributed by atoms with van der Waals surface area (Å²) in [6.45, 7) is 0. The van der Waals surface area contributed by atoms with E-state index in [0.29, 0.717) is 0 Å². The zero-order valence-corrected chi connectivity index (χ0v) is 10.1. The van der Waals surface area contributed by atoms with E-state index in [1.165, 1.54) is 12.1 Å². The molecule has 1 aliphatic rings. The molecule has 7 nitrogen and oxygen atoms in total. The van der Waals surface area contributed by atoms with Gasteiger partial charge in [-0.05, 0) is 12.1 Å². The first-order valence-electron chi connectivity index (χ1n) is 5.68. The van der Waals surface area contributed by atoms with Crippen molar-refractivity contribution in [3.05, 3.63) is 35.3 Å². The standard InChI is InChI=1S/C12H9FN4O3/c13-5-2-1-3-7(10(5)19)17-11(14)9-6(16-17)4-8(18)15-12(9)20/h1-3,19H,4,14H2,(H,15,18,20). The van der Waals surface area contributed by atoms with Gasteiger partial charge in [0.05, 0.1) is 12.1 Å². The van der Waals surface area contributed by atoms with Crippen LogP contribution >= 0.6 is 0 Å². The van der Waals surface area contributed by atoms with E-state index in [2.05, 4.69) is 10.4 Å². The van der Waals surface area contributed by atoms with Gasteiger partial charge in [0, 0.05) is 0 Å². The van der Waals surface area contributed by atoms with E-state index >= 15 is 0 Å². The average molecular weight is 276 g/mol. The van der Waals surface area contributed by atoms with Crippen LogP contribution < -0.4 is 11.1 Å². The third-order valence-electron chi connectivity index (χ3n) is 3.00. The molecule has 20 heavy (non-hydrogen) atoms. The van der Waals surface area contributed by atoms with Crippen LogP contribution in [0.1, 0.15) is 16.1 Å². The molecule has 1 aliphatic heterocycles. The molecule has 4 N–H and O–H groups in total. The molecule has 3 rings (SSSR count). The molecule has 0 spiro atoms. The lowest BCUT2D eigenvalue weighted by molar-refractivity contribution is -0.119. The number of nitrogens with one attached hydrogen (secondary N) is 1. The van der Waals surface area contributed by atoms with Gasteiger partial charge in [0.1, 0.15) is 17.1 Å². The summed E-state index contributed by atoms with van der Waals surface area (Å²) in [6, 6.07) is 3.84. The van der Waals surface area contributed by atoms with Crippen molar-refractivity contribution in [2.45, 2.75) is 6.42 Å². The lowest BCUT2D eigenvalue weighted by Gasteiger charge is -2.09. The van der Waals surface area contributed by atoms with E-state index in [1.54, 1.807) is 0 Å². The number of benzene rings is 1. The van der Waals surface area contributed by atoms with Crippen molar-refractivity contribution in [1.29, 1.82) is 0 Å². The third kappa shape index (κ3) is 1.62. The van der Waals surface area contributed by atoms with Crippen molar-refractivity contribution in [2.24, 2.45) is 0 Å². The second-order valence-corrected chi connectivity index (χ2v) is 4.28. The van der Waals surface area contributed by atoms with Crippen LogP contribution in [0.3, 0.4) is 0 Å². The Hall–Kier alpha value is -2.90. The molecule has 2 heterocycles. The molecular formula is C12H9FN4O3. The molecule has 0 radical (unpaired) electrons. The molecule has 0 unspecified atom stereocenters. The van der Waals surface area contributed by atoms with E-state index in [4.69, 9.17) is 5.73 Å². The molecule has 1 aromatic heterocycles. The number of amides is 2. The fraction of sp³-hybridized carbons (Fsp3) is 0.0833. The predicted molar refractivity (Wildman–Crippen MR) is 65.8 cm³/mol. The number of halogens is 1. The maximum absolute atomic E-state index is 13.4. The Morgan fingerprint density at radius 3 is 2.90 bits per heavy atom. The minimum atomic E-state index is -0.837. The number of phenolic OH excluding ortho intramolecular Hbond substituents is 1. The summed E-state index contributed by atoms with van der Waals surface area (Å²) in [7, 11) is 0. The summed E-state index contributed by atoms with van der Waals surface area (Å²) >= 11 is 0. The van der Waals surface area contributed by atoms with Crippen molar-refractivity contribution in [3.63, 3.8) is 0 Å². The van der Waals surface area contributed by atoms with Gasteiger partial charge in [0.15, 0.2) is 11.6 Å². The van der Waals surface area contributed by atoms with Crippen molar-refractivity contribution < 1.29 is 19.1 Å². The molecular weight excluding hydrogens is 267 g/mol. The Labute approximate surface area is 111 Å². The Balaban J connectivity index is 2.22. The maximum Gasteiger partial charge on any atom is 0.263 e. The highest BCUT2D eigenvalue weighted by molar-refractivity contribution is 6.11. The van der Waals surface area contributed by atoms with Gasteiger partial charge < -0.3 is 10.8 Å². The normalized spacial score (nSPS) is 14.1. The Morgan fingerprint density at radius 1 is 1.40 bits per heavy atom. The minimum absolute atomic E-state index is 0.00264. The monoisotopic (exact) mass is 276 g/mol. The molecule has 0 saturated heterocycles. The van der Waals surface area contributed by atoms with E-state index in [1.807, 2.05) is 0 Å². The number of aromatic hydroxyl groups is 1. The lowest BCUT2D eigenvalue weighted by Crippen LogP contribution is -2.37. The van der Waals surface area contributed by atoms with Gasteiger partial charge in [-0.1, -0.05) is 6.07 Å². The SMILES string of the molecule is Nc1c2c(nn1-c1cccc(F)c1O)CC(=O)NC2=O. The lowest BCUT2D eigenvalue weighted by atomic mass is 10.1. The van der Waals surface area contributed by atoms with Crippen LogP contribution in [-0.2, 0) is 11.2 Å². The smallest absolute Gasteiger partial charge is 0.263 e. The van der Waals surface area contributed by atoms with Crippen LogP contribution in [0.5, 0.6) is 5.75 Å². The molecule has 0 bridgehead atoms. The number of para-hydroxylation sites is 1. The molecule has 0 aliphatic carbocycles. The first-order chi connectivity index (χ1) is 9.49. The molecule has 0 saturated carbocycles. The number of aromatic nitrogens is 2. The van der Waals surface area contributed by atoms with E-state index < -0.39 is 23.4 Å². The number of nitrogens with two attached hydrogens (primary N) is 1. The predicted octanol–water partition coefficient (Wildman–Crippen LogP) is 0.112. The second kappa shape index (κ2) is 4.05. The topological polar surface area (TPSA) is 110 Å². The van der Waals surface area contributed by atoms with Gasteiger partial charge in [0.25, 0.3) is 5.91 Å². The molecule has 0 fully saturated rings. The Morgan fingerprint density at radius 2 is 2.15 bits per heavy atom. The third-order valence-corrected chi connectivity index (χ3v) is 3.00. The van der Waals surface area contributed by atoms with E-state index in [9.17, 15) is 19.1 Å². The van der Waals surface area contributed by atoms with Gasteiger partial charge in [0.2, 0.25) is 5.91 Å². The molecule has 8 heteroatoms. The number of carbonyl (C=O) groups is 2. The van der Waals surface area contributed by atoms with Gasteiger partial charge in [-0.15, -0.1) is 0 Å². The number of carbonyl (C=O) groups excluding carboxylic acids is 2. The number of imide groups is 1. The highest BCUT2D eigenvalue weighted by atomic mass is 19.1. The van der Waals surface area contributed by atoms with E-state index in [-0.39, 0.29) is 29.2 Å². The number of nitrogen functional groups attached to an aromatic ring is 1. The van der Waals surface area contributed by atoms with Crippen LogP contribution in [0.15, 0.2) is 18.2 Å². The van der Waals surface area contributed by atoms with Gasteiger partial charge in [-0.25, -0.2) is 9.07 Å².